The number of hydrogen-bond donors (Lipinski definition) is 0. The molecule has 0 aromatic carbocycles. The number of hydrogen-bond acceptors (Lipinski definition) is 2. The van der Waals surface area contributed by atoms with Gasteiger partial charge in [0.15, 0.2) is 0 Å². The molecular formula is C27H48O2. The lowest BCUT2D eigenvalue weighted by Crippen LogP contribution is -2.33. The van der Waals surface area contributed by atoms with Crippen molar-refractivity contribution in [3.05, 3.63) is 0 Å². The van der Waals surface area contributed by atoms with Crippen LogP contribution in [0.25, 0.3) is 0 Å². The summed E-state index contributed by atoms with van der Waals surface area (Å²) in [7, 11) is 1.54. The van der Waals surface area contributed by atoms with Crippen molar-refractivity contribution >= 4 is 5.97 Å². The highest BCUT2D eigenvalue weighted by Gasteiger charge is 2.36. The van der Waals surface area contributed by atoms with Crippen molar-refractivity contribution in [3.63, 3.8) is 0 Å². The van der Waals surface area contributed by atoms with Gasteiger partial charge in [0, 0.05) is 0 Å². The normalized spacial score (nSPS) is 38.2. The van der Waals surface area contributed by atoms with E-state index in [2.05, 4.69) is 20.8 Å². The Bertz CT molecular complexity index is 477. The highest BCUT2D eigenvalue weighted by molar-refractivity contribution is 5.72. The fourth-order valence-electron chi connectivity index (χ4n) is 7.42. The first-order valence-electron chi connectivity index (χ1n) is 13.1. The molecule has 3 saturated carbocycles. The molecule has 29 heavy (non-hydrogen) atoms. The van der Waals surface area contributed by atoms with Gasteiger partial charge < -0.3 is 4.74 Å². The Morgan fingerprint density at radius 2 is 1.10 bits per heavy atom. The van der Waals surface area contributed by atoms with Crippen LogP contribution in [0.3, 0.4) is 0 Å². The number of carbonyl (C=O) groups is 1. The molecule has 0 N–H and O–H groups in total. The summed E-state index contributed by atoms with van der Waals surface area (Å²) in [6.45, 7) is 7.46. The molecule has 0 heterocycles. The summed E-state index contributed by atoms with van der Waals surface area (Å²) in [6, 6.07) is 0. The molecule has 168 valence electrons. The second kappa shape index (κ2) is 11.2. The van der Waals surface area contributed by atoms with Gasteiger partial charge in [-0.3, -0.25) is 4.79 Å². The van der Waals surface area contributed by atoms with Crippen LogP contribution < -0.4 is 0 Å². The van der Waals surface area contributed by atoms with Gasteiger partial charge in [-0.15, -0.1) is 0 Å². The third-order valence-corrected chi connectivity index (χ3v) is 9.69. The summed E-state index contributed by atoms with van der Waals surface area (Å²) in [5, 5.41) is 0. The number of methoxy groups -OCH3 is 1. The van der Waals surface area contributed by atoms with Gasteiger partial charge in [-0.2, -0.15) is 0 Å². The molecular weight excluding hydrogens is 356 g/mol. The lowest BCUT2D eigenvalue weighted by Gasteiger charge is -2.42. The van der Waals surface area contributed by atoms with E-state index in [4.69, 9.17) is 4.74 Å². The third kappa shape index (κ3) is 6.01. The van der Waals surface area contributed by atoms with Gasteiger partial charge in [0.2, 0.25) is 0 Å². The van der Waals surface area contributed by atoms with Crippen LogP contribution in [0.1, 0.15) is 111 Å². The molecule has 0 bridgehead atoms. The minimum absolute atomic E-state index is 0.0225. The SMILES string of the molecule is CCCC1CCC(C(C)C2CCC(C(C)C3CCC(C(=O)OC)CC3)CC2)CC1. The van der Waals surface area contributed by atoms with Gasteiger partial charge in [-0.1, -0.05) is 46.5 Å². The van der Waals surface area contributed by atoms with E-state index in [9.17, 15) is 4.79 Å². The molecule has 2 atom stereocenters. The average molecular weight is 405 g/mol. The molecule has 2 unspecified atom stereocenters. The zero-order valence-corrected chi connectivity index (χ0v) is 19.8. The fraction of sp³-hybridized carbons (Fsp3) is 0.963. The Kier molecular flexibility index (Phi) is 8.93. The van der Waals surface area contributed by atoms with Crippen LogP contribution in [0, 0.1) is 47.3 Å². The van der Waals surface area contributed by atoms with Crippen molar-refractivity contribution < 1.29 is 9.53 Å². The van der Waals surface area contributed by atoms with Crippen molar-refractivity contribution in [1.82, 2.24) is 0 Å². The van der Waals surface area contributed by atoms with Gasteiger partial charge in [0.25, 0.3) is 0 Å². The molecule has 0 saturated heterocycles. The molecule has 0 spiro atoms. The Morgan fingerprint density at radius 3 is 1.48 bits per heavy atom. The van der Waals surface area contributed by atoms with Gasteiger partial charge in [0.05, 0.1) is 13.0 Å². The molecule has 0 aromatic rings. The Labute approximate surface area is 180 Å². The quantitative estimate of drug-likeness (QED) is 0.407. The minimum Gasteiger partial charge on any atom is -0.469 e. The van der Waals surface area contributed by atoms with Crippen LogP contribution in [0.5, 0.6) is 0 Å². The third-order valence-electron chi connectivity index (χ3n) is 9.69. The first-order valence-corrected chi connectivity index (χ1v) is 13.1. The summed E-state index contributed by atoms with van der Waals surface area (Å²) >= 11 is 0. The second-order valence-corrected chi connectivity index (χ2v) is 11.1. The first kappa shape index (κ1) is 23.1. The maximum atomic E-state index is 11.8. The van der Waals surface area contributed by atoms with Crippen LogP contribution in [0.4, 0.5) is 0 Å². The van der Waals surface area contributed by atoms with E-state index in [0.29, 0.717) is 0 Å². The standard InChI is InChI=1S/C27H48O2/c1-5-6-21-7-9-22(10-8-21)19(2)23-11-13-24(14-12-23)20(3)25-15-17-26(18-16-25)27(28)29-4/h19-26H,5-18H2,1-4H3. The summed E-state index contributed by atoms with van der Waals surface area (Å²) in [5.41, 5.74) is 0. The molecule has 0 amide bonds. The largest absolute Gasteiger partial charge is 0.469 e. The Hall–Kier alpha value is -0.530. The van der Waals surface area contributed by atoms with Crippen LogP contribution >= 0.6 is 0 Å². The van der Waals surface area contributed by atoms with Gasteiger partial charge in [-0.05, 0) is 106 Å². The highest BCUT2D eigenvalue weighted by Crippen LogP contribution is 2.46. The van der Waals surface area contributed by atoms with E-state index in [1.807, 2.05) is 0 Å². The topological polar surface area (TPSA) is 26.3 Å². The van der Waals surface area contributed by atoms with Gasteiger partial charge in [0.1, 0.15) is 0 Å². The van der Waals surface area contributed by atoms with Crippen molar-refractivity contribution in [2.24, 2.45) is 47.3 Å². The van der Waals surface area contributed by atoms with Crippen LogP contribution in [0.2, 0.25) is 0 Å². The number of ether oxygens (including phenoxy) is 1. The van der Waals surface area contributed by atoms with E-state index in [1.54, 1.807) is 0 Å². The van der Waals surface area contributed by atoms with E-state index in [1.165, 1.54) is 84.2 Å². The molecule has 0 aromatic heterocycles. The number of rotatable bonds is 7. The molecule has 0 radical (unpaired) electrons. The smallest absolute Gasteiger partial charge is 0.308 e. The summed E-state index contributed by atoms with van der Waals surface area (Å²) in [4.78, 5) is 11.8. The first-order chi connectivity index (χ1) is 14.0. The molecule has 3 aliphatic rings. The monoisotopic (exact) mass is 404 g/mol. The van der Waals surface area contributed by atoms with E-state index in [0.717, 1.165) is 54.3 Å². The molecule has 0 aliphatic heterocycles. The number of carbonyl (C=O) groups excluding carboxylic acids is 1. The average Bonchev–Trinajstić information content (AvgIpc) is 2.78. The van der Waals surface area contributed by atoms with E-state index in [-0.39, 0.29) is 11.9 Å². The summed E-state index contributed by atoms with van der Waals surface area (Å²) in [6.07, 6.45) is 19.3. The number of esters is 1. The molecule has 3 aliphatic carbocycles. The van der Waals surface area contributed by atoms with E-state index >= 15 is 0 Å². The van der Waals surface area contributed by atoms with Crippen molar-refractivity contribution in [2.45, 2.75) is 111 Å². The zero-order valence-electron chi connectivity index (χ0n) is 19.8. The molecule has 2 heteroatoms. The maximum Gasteiger partial charge on any atom is 0.308 e. The summed E-state index contributed by atoms with van der Waals surface area (Å²) < 4.78 is 4.96. The molecule has 2 nitrogen and oxygen atoms in total. The Morgan fingerprint density at radius 1 is 0.724 bits per heavy atom. The lowest BCUT2D eigenvalue weighted by molar-refractivity contribution is -0.147. The lowest BCUT2D eigenvalue weighted by atomic mass is 9.63. The van der Waals surface area contributed by atoms with Crippen molar-refractivity contribution in [2.75, 3.05) is 7.11 Å². The van der Waals surface area contributed by atoms with E-state index < -0.39 is 0 Å². The fourth-order valence-corrected chi connectivity index (χ4v) is 7.42. The highest BCUT2D eigenvalue weighted by atomic mass is 16.5. The van der Waals surface area contributed by atoms with Crippen LogP contribution in [-0.4, -0.2) is 13.1 Å². The molecule has 3 fully saturated rings. The van der Waals surface area contributed by atoms with Crippen LogP contribution in [0.15, 0.2) is 0 Å². The predicted octanol–water partition coefficient (Wildman–Crippen LogP) is 7.65. The van der Waals surface area contributed by atoms with Crippen LogP contribution in [-0.2, 0) is 9.53 Å². The van der Waals surface area contributed by atoms with Gasteiger partial charge in [-0.25, -0.2) is 0 Å². The Balaban J connectivity index is 1.39. The zero-order chi connectivity index (χ0) is 20.8. The van der Waals surface area contributed by atoms with Gasteiger partial charge >= 0.3 is 5.97 Å². The maximum absolute atomic E-state index is 11.8. The summed E-state index contributed by atoms with van der Waals surface area (Å²) in [5.74, 6) is 6.79. The van der Waals surface area contributed by atoms with Crippen molar-refractivity contribution in [1.29, 1.82) is 0 Å². The predicted molar refractivity (Wildman–Crippen MR) is 122 cm³/mol. The van der Waals surface area contributed by atoms with Crippen molar-refractivity contribution in [3.8, 4) is 0 Å². The second-order valence-electron chi connectivity index (χ2n) is 11.1. The minimum atomic E-state index is 0.0225. The molecule has 3 rings (SSSR count).